The molecule has 1 N–H and O–H groups in total. The topological polar surface area (TPSA) is 49.4 Å². The van der Waals surface area contributed by atoms with Crippen LogP contribution in [0, 0.1) is 5.92 Å². The van der Waals surface area contributed by atoms with Crippen LogP contribution in [0.5, 0.6) is 0 Å². The van der Waals surface area contributed by atoms with Gasteiger partial charge in [-0.15, -0.1) is 12.4 Å². The number of unbranched alkanes of at least 4 members (excludes halogenated alkanes) is 1. The highest BCUT2D eigenvalue weighted by Gasteiger charge is 2.34. The van der Waals surface area contributed by atoms with Crippen LogP contribution in [0.25, 0.3) is 0 Å². The minimum absolute atomic E-state index is 0. The fourth-order valence-corrected chi connectivity index (χ4v) is 4.99. The molecule has 2 aliphatic rings. The normalized spacial score (nSPS) is 17.6. The molecule has 1 heterocycles. The third-order valence-corrected chi connectivity index (χ3v) is 6.56. The lowest BCUT2D eigenvalue weighted by Gasteiger charge is -2.32. The summed E-state index contributed by atoms with van der Waals surface area (Å²) in [5.74, 6) is 0.175. The largest absolute Gasteiger partial charge is 0.325 e. The summed E-state index contributed by atoms with van der Waals surface area (Å²) in [6.45, 7) is 4.84. The van der Waals surface area contributed by atoms with Crippen molar-refractivity contribution in [2.24, 2.45) is 5.92 Å². The standard InChI is InChI=1S/C25H29ClN2O2.ClH/c1-2-3-13-28(15-17-7-5-4-6-8-17)16-19-10-9-18-14-21(26)24-20(23(18)25(19)30)11-12-22(29)27-24;/h4-8,14,19H,2-3,9-13,15-16H2,1H3,(H,27,29);1H. The molecular formula is C25H30Cl2N2O2. The van der Waals surface area contributed by atoms with Gasteiger partial charge in [0, 0.05) is 31.0 Å². The van der Waals surface area contributed by atoms with Gasteiger partial charge in [-0.2, -0.15) is 0 Å². The number of anilines is 1. The number of benzene rings is 2. The second-order valence-electron chi connectivity index (χ2n) is 8.47. The van der Waals surface area contributed by atoms with Gasteiger partial charge in [0.25, 0.3) is 0 Å². The number of carbonyl (C=O) groups is 2. The van der Waals surface area contributed by atoms with E-state index in [-0.39, 0.29) is 30.0 Å². The Bertz CT molecular complexity index is 946. The molecular weight excluding hydrogens is 431 g/mol. The maximum absolute atomic E-state index is 13.6. The summed E-state index contributed by atoms with van der Waals surface area (Å²) in [5, 5.41) is 3.43. The van der Waals surface area contributed by atoms with Crippen LogP contribution in [0.15, 0.2) is 36.4 Å². The number of amides is 1. The van der Waals surface area contributed by atoms with Crippen LogP contribution >= 0.6 is 24.0 Å². The van der Waals surface area contributed by atoms with E-state index in [9.17, 15) is 9.59 Å². The molecule has 1 aliphatic carbocycles. The molecule has 2 aromatic carbocycles. The van der Waals surface area contributed by atoms with Gasteiger partial charge < -0.3 is 5.32 Å². The molecule has 1 amide bonds. The summed E-state index contributed by atoms with van der Waals surface area (Å²) in [4.78, 5) is 27.8. The van der Waals surface area contributed by atoms with E-state index in [4.69, 9.17) is 11.6 Å². The maximum atomic E-state index is 13.6. The Morgan fingerprint density at radius 2 is 1.90 bits per heavy atom. The summed E-state index contributed by atoms with van der Waals surface area (Å²) < 4.78 is 0. The van der Waals surface area contributed by atoms with Crippen molar-refractivity contribution >= 4 is 41.4 Å². The van der Waals surface area contributed by atoms with Crippen molar-refractivity contribution in [1.82, 2.24) is 4.90 Å². The number of aryl methyl sites for hydroxylation is 1. The summed E-state index contributed by atoms with van der Waals surface area (Å²) in [5.41, 5.74) is 4.73. The SMILES string of the molecule is CCCCN(Cc1ccccc1)CC1CCc2cc(Cl)c3c(c2C1=O)CCC(=O)N3.Cl. The Hall–Kier alpha value is -1.88. The Morgan fingerprint density at radius 3 is 2.65 bits per heavy atom. The Labute approximate surface area is 195 Å². The number of hydrogen-bond acceptors (Lipinski definition) is 3. The van der Waals surface area contributed by atoms with Crippen LogP contribution in [0.1, 0.15) is 59.7 Å². The van der Waals surface area contributed by atoms with E-state index < -0.39 is 0 Å². The highest BCUT2D eigenvalue weighted by Crippen LogP contribution is 2.39. The second kappa shape index (κ2) is 10.6. The van der Waals surface area contributed by atoms with Gasteiger partial charge in [0.15, 0.2) is 5.78 Å². The number of nitrogens with one attached hydrogen (secondary N) is 1. The lowest BCUT2D eigenvalue weighted by Crippen LogP contribution is -2.37. The Kier molecular flexibility index (Phi) is 8.15. The number of rotatable bonds is 7. The number of nitrogens with zero attached hydrogens (tertiary/aromatic N) is 1. The van der Waals surface area contributed by atoms with E-state index in [1.807, 2.05) is 12.1 Å². The van der Waals surface area contributed by atoms with Crippen molar-refractivity contribution in [3.05, 3.63) is 63.7 Å². The minimum Gasteiger partial charge on any atom is -0.325 e. The van der Waals surface area contributed by atoms with Gasteiger partial charge in [-0.25, -0.2) is 0 Å². The second-order valence-corrected chi connectivity index (χ2v) is 8.88. The predicted octanol–water partition coefficient (Wildman–Crippen LogP) is 5.69. The van der Waals surface area contributed by atoms with E-state index in [0.717, 1.165) is 62.0 Å². The minimum atomic E-state index is -0.0299. The molecule has 31 heavy (non-hydrogen) atoms. The maximum Gasteiger partial charge on any atom is 0.224 e. The first-order valence-electron chi connectivity index (χ1n) is 11.0. The van der Waals surface area contributed by atoms with Crippen molar-refractivity contribution in [3.63, 3.8) is 0 Å². The number of ketones is 1. The first kappa shape index (κ1) is 23.8. The third kappa shape index (κ3) is 5.31. The molecule has 4 nitrogen and oxygen atoms in total. The number of carbonyl (C=O) groups excluding carboxylic acids is 2. The zero-order chi connectivity index (χ0) is 21.1. The lowest BCUT2D eigenvalue weighted by molar-refractivity contribution is -0.116. The van der Waals surface area contributed by atoms with Gasteiger partial charge >= 0.3 is 0 Å². The van der Waals surface area contributed by atoms with Crippen LogP contribution in [0.2, 0.25) is 5.02 Å². The molecule has 1 aliphatic heterocycles. The molecule has 4 rings (SSSR count). The molecule has 2 aromatic rings. The average molecular weight is 461 g/mol. The van der Waals surface area contributed by atoms with Crippen LogP contribution in [0.3, 0.4) is 0 Å². The molecule has 0 fully saturated rings. The van der Waals surface area contributed by atoms with Crippen molar-refractivity contribution < 1.29 is 9.59 Å². The molecule has 1 atom stereocenters. The van der Waals surface area contributed by atoms with Crippen LogP contribution in [-0.4, -0.2) is 29.7 Å². The molecule has 0 saturated heterocycles. The smallest absolute Gasteiger partial charge is 0.224 e. The van der Waals surface area contributed by atoms with E-state index >= 15 is 0 Å². The fourth-order valence-electron chi connectivity index (χ4n) is 4.70. The summed E-state index contributed by atoms with van der Waals surface area (Å²) in [7, 11) is 0. The van der Waals surface area contributed by atoms with Crippen molar-refractivity contribution in [3.8, 4) is 0 Å². The van der Waals surface area contributed by atoms with Crippen LogP contribution < -0.4 is 5.32 Å². The number of Topliss-reactive ketones (excluding diaryl/α,β-unsaturated/α-hetero) is 1. The number of hydrogen-bond donors (Lipinski definition) is 1. The summed E-state index contributed by atoms with van der Waals surface area (Å²) in [6.07, 6.45) is 4.98. The average Bonchev–Trinajstić information content (AvgIpc) is 2.75. The van der Waals surface area contributed by atoms with Crippen molar-refractivity contribution in [2.45, 2.75) is 52.0 Å². The number of halogens is 2. The monoisotopic (exact) mass is 460 g/mol. The van der Waals surface area contributed by atoms with Gasteiger partial charge in [0.05, 0.1) is 10.7 Å². The van der Waals surface area contributed by atoms with Gasteiger partial charge in [-0.1, -0.05) is 55.3 Å². The van der Waals surface area contributed by atoms with Gasteiger partial charge in [-0.3, -0.25) is 14.5 Å². The zero-order valence-corrected chi connectivity index (χ0v) is 19.5. The number of fused-ring (bicyclic) bond motifs is 3. The molecule has 0 spiro atoms. The lowest BCUT2D eigenvalue weighted by atomic mass is 9.78. The van der Waals surface area contributed by atoms with Crippen LogP contribution in [0.4, 0.5) is 5.69 Å². The molecule has 0 radical (unpaired) electrons. The molecule has 0 saturated carbocycles. The highest BCUT2D eigenvalue weighted by molar-refractivity contribution is 6.34. The van der Waals surface area contributed by atoms with Crippen LogP contribution in [-0.2, 0) is 24.2 Å². The fraction of sp³-hybridized carbons (Fsp3) is 0.440. The van der Waals surface area contributed by atoms with Crippen molar-refractivity contribution in [2.75, 3.05) is 18.4 Å². The highest BCUT2D eigenvalue weighted by atomic mass is 35.5. The Morgan fingerprint density at radius 1 is 1.13 bits per heavy atom. The third-order valence-electron chi connectivity index (χ3n) is 6.27. The molecule has 166 valence electrons. The summed E-state index contributed by atoms with van der Waals surface area (Å²) in [6, 6.07) is 12.4. The molecule has 1 unspecified atom stereocenters. The van der Waals surface area contributed by atoms with E-state index in [2.05, 4.69) is 41.4 Å². The van der Waals surface area contributed by atoms with Gasteiger partial charge in [0.1, 0.15) is 0 Å². The Balaban J connectivity index is 0.00000272. The molecule has 6 heteroatoms. The quantitative estimate of drug-likeness (QED) is 0.576. The van der Waals surface area contributed by atoms with Gasteiger partial charge in [0.2, 0.25) is 5.91 Å². The van der Waals surface area contributed by atoms with E-state index in [1.54, 1.807) is 0 Å². The molecule has 0 bridgehead atoms. The summed E-state index contributed by atoms with van der Waals surface area (Å²) >= 11 is 6.43. The van der Waals surface area contributed by atoms with Gasteiger partial charge in [-0.05, 0) is 55.0 Å². The first-order chi connectivity index (χ1) is 14.6. The van der Waals surface area contributed by atoms with E-state index in [0.29, 0.717) is 23.6 Å². The van der Waals surface area contributed by atoms with E-state index in [1.165, 1.54) is 5.56 Å². The molecule has 0 aromatic heterocycles. The zero-order valence-electron chi connectivity index (χ0n) is 18.0. The first-order valence-corrected chi connectivity index (χ1v) is 11.4. The van der Waals surface area contributed by atoms with Crippen molar-refractivity contribution in [1.29, 1.82) is 0 Å². The predicted molar refractivity (Wildman–Crippen MR) is 128 cm³/mol.